The molecule has 0 aliphatic heterocycles. The van der Waals surface area contributed by atoms with E-state index in [2.05, 4.69) is 26.5 Å². The minimum atomic E-state index is -0.594. The number of nitrogens with one attached hydrogen (secondary N) is 1. The van der Waals surface area contributed by atoms with E-state index in [0.717, 1.165) is 6.07 Å². The smallest absolute Gasteiger partial charge is 0.275 e. The molecule has 6 nitrogen and oxygen atoms in total. The molecule has 2 rings (SSSR count). The van der Waals surface area contributed by atoms with Crippen molar-refractivity contribution in [2.24, 2.45) is 5.10 Å². The van der Waals surface area contributed by atoms with Crippen LogP contribution >= 0.6 is 15.9 Å². The van der Waals surface area contributed by atoms with Crippen molar-refractivity contribution in [3.63, 3.8) is 0 Å². The summed E-state index contributed by atoms with van der Waals surface area (Å²) in [6.45, 7) is 0. The van der Waals surface area contributed by atoms with Crippen LogP contribution in [0.3, 0.4) is 0 Å². The molecule has 1 amide bonds. The van der Waals surface area contributed by atoms with Gasteiger partial charge in [-0.1, -0.05) is 15.9 Å². The molecular weight excluding hydrogens is 340 g/mol. The number of amides is 1. The molecular formula is C14H11BrN2O4. The van der Waals surface area contributed by atoms with E-state index in [1.54, 1.807) is 6.07 Å². The predicted molar refractivity (Wildman–Crippen MR) is 80.6 cm³/mol. The molecule has 0 heterocycles. The summed E-state index contributed by atoms with van der Waals surface area (Å²) in [5, 5.41) is 32.0. The summed E-state index contributed by atoms with van der Waals surface area (Å²) in [7, 11) is 0. The highest BCUT2D eigenvalue weighted by molar-refractivity contribution is 9.10. The number of hydrogen-bond donors (Lipinski definition) is 4. The second kappa shape index (κ2) is 6.27. The van der Waals surface area contributed by atoms with Gasteiger partial charge in [-0.2, -0.15) is 5.10 Å². The van der Waals surface area contributed by atoms with Gasteiger partial charge in [0.15, 0.2) is 0 Å². The second-order valence-corrected chi connectivity index (χ2v) is 5.02. The van der Waals surface area contributed by atoms with Crippen LogP contribution in [-0.2, 0) is 0 Å². The van der Waals surface area contributed by atoms with Crippen LogP contribution in [-0.4, -0.2) is 27.4 Å². The van der Waals surface area contributed by atoms with Gasteiger partial charge in [-0.15, -0.1) is 0 Å². The predicted octanol–water partition coefficient (Wildman–Crippen LogP) is 2.33. The first-order chi connectivity index (χ1) is 9.97. The molecule has 2 aromatic rings. The van der Waals surface area contributed by atoms with E-state index in [1.807, 2.05) is 0 Å². The molecule has 7 heteroatoms. The van der Waals surface area contributed by atoms with Crippen molar-refractivity contribution in [3.8, 4) is 17.2 Å². The van der Waals surface area contributed by atoms with Crippen LogP contribution in [0.1, 0.15) is 15.9 Å². The lowest BCUT2D eigenvalue weighted by molar-refractivity contribution is 0.0952. The summed E-state index contributed by atoms with van der Waals surface area (Å²) in [5.41, 5.74) is 2.63. The number of carbonyl (C=O) groups excluding carboxylic acids is 1. The van der Waals surface area contributed by atoms with Crippen molar-refractivity contribution in [3.05, 3.63) is 52.0 Å². The first-order valence-electron chi connectivity index (χ1n) is 5.81. The third kappa shape index (κ3) is 3.73. The average Bonchev–Trinajstić information content (AvgIpc) is 2.43. The van der Waals surface area contributed by atoms with E-state index >= 15 is 0 Å². The van der Waals surface area contributed by atoms with Crippen molar-refractivity contribution in [2.75, 3.05) is 0 Å². The second-order valence-electron chi connectivity index (χ2n) is 4.10. The fraction of sp³-hybridized carbons (Fsp3) is 0. The third-order valence-electron chi connectivity index (χ3n) is 2.59. The zero-order chi connectivity index (χ0) is 15.4. The highest BCUT2D eigenvalue weighted by atomic mass is 79.9. The Balaban J connectivity index is 2.10. The average molecular weight is 351 g/mol. The lowest BCUT2D eigenvalue weighted by Gasteiger charge is -2.03. The Kier molecular flexibility index (Phi) is 4.44. The molecule has 0 aliphatic carbocycles. The summed E-state index contributed by atoms with van der Waals surface area (Å²) >= 11 is 3.20. The summed E-state index contributed by atoms with van der Waals surface area (Å²) in [5.74, 6) is -1.01. The van der Waals surface area contributed by atoms with Gasteiger partial charge >= 0.3 is 0 Å². The topological polar surface area (TPSA) is 102 Å². The molecule has 0 atom stereocenters. The normalized spacial score (nSPS) is 10.7. The van der Waals surface area contributed by atoms with Crippen LogP contribution in [0.15, 0.2) is 46.0 Å². The van der Waals surface area contributed by atoms with E-state index in [0.29, 0.717) is 10.0 Å². The lowest BCUT2D eigenvalue weighted by atomic mass is 10.2. The molecule has 0 saturated heterocycles. The monoisotopic (exact) mass is 350 g/mol. The van der Waals surface area contributed by atoms with E-state index in [1.165, 1.54) is 30.5 Å². The number of rotatable bonds is 3. The summed E-state index contributed by atoms with van der Waals surface area (Å²) in [6, 6.07) is 8.42. The number of hydrazone groups is 1. The maximum atomic E-state index is 11.8. The molecule has 0 spiro atoms. The standard InChI is InChI=1S/C14H11BrN2O4/c15-9-2-4-12(19)11(5-9)14(21)17-16-7-8-1-3-10(18)6-13(8)20/h1-7,18-20H,(H,17,21). The number of hydrogen-bond acceptors (Lipinski definition) is 5. The van der Waals surface area contributed by atoms with Gasteiger partial charge in [0.25, 0.3) is 5.91 Å². The third-order valence-corrected chi connectivity index (χ3v) is 3.08. The first kappa shape index (κ1) is 14.9. The Labute approximate surface area is 128 Å². The van der Waals surface area contributed by atoms with Gasteiger partial charge in [0, 0.05) is 16.1 Å². The quantitative estimate of drug-likeness (QED) is 0.503. The number of phenolic OH excluding ortho intramolecular Hbond substituents is 3. The minimum Gasteiger partial charge on any atom is -0.508 e. The Hall–Kier alpha value is -2.54. The minimum absolute atomic E-state index is 0.0662. The molecule has 2 aromatic carbocycles. The molecule has 0 bridgehead atoms. The number of aromatic hydroxyl groups is 3. The van der Waals surface area contributed by atoms with Crippen molar-refractivity contribution in [1.82, 2.24) is 5.43 Å². The Morgan fingerprint density at radius 2 is 1.86 bits per heavy atom. The van der Waals surface area contributed by atoms with Gasteiger partial charge in [0.05, 0.1) is 11.8 Å². The molecule has 108 valence electrons. The fourth-order valence-corrected chi connectivity index (χ4v) is 1.91. The SMILES string of the molecule is O=C(NN=Cc1ccc(O)cc1O)c1cc(Br)ccc1O. The number of nitrogens with zero attached hydrogens (tertiary/aromatic N) is 1. The van der Waals surface area contributed by atoms with Crippen LogP contribution < -0.4 is 5.43 Å². The molecule has 0 unspecified atom stereocenters. The Morgan fingerprint density at radius 3 is 2.57 bits per heavy atom. The zero-order valence-corrected chi connectivity index (χ0v) is 12.2. The lowest BCUT2D eigenvalue weighted by Crippen LogP contribution is -2.17. The van der Waals surface area contributed by atoms with Gasteiger partial charge < -0.3 is 15.3 Å². The number of benzene rings is 2. The first-order valence-corrected chi connectivity index (χ1v) is 6.60. The fourth-order valence-electron chi connectivity index (χ4n) is 1.55. The van der Waals surface area contributed by atoms with E-state index in [4.69, 9.17) is 5.11 Å². The zero-order valence-electron chi connectivity index (χ0n) is 10.6. The van der Waals surface area contributed by atoms with Crippen LogP contribution in [0.4, 0.5) is 0 Å². The van der Waals surface area contributed by atoms with Crippen molar-refractivity contribution in [2.45, 2.75) is 0 Å². The summed E-state index contributed by atoms with van der Waals surface area (Å²) < 4.78 is 0.644. The van der Waals surface area contributed by atoms with Crippen LogP contribution in [0, 0.1) is 0 Å². The summed E-state index contributed by atoms with van der Waals surface area (Å²) in [4.78, 5) is 11.8. The van der Waals surface area contributed by atoms with Crippen LogP contribution in [0.2, 0.25) is 0 Å². The molecule has 21 heavy (non-hydrogen) atoms. The van der Waals surface area contributed by atoms with Crippen LogP contribution in [0.25, 0.3) is 0 Å². The van der Waals surface area contributed by atoms with Crippen molar-refractivity contribution >= 4 is 28.1 Å². The number of carbonyl (C=O) groups is 1. The number of halogens is 1. The van der Waals surface area contributed by atoms with Crippen molar-refractivity contribution < 1.29 is 20.1 Å². The molecule has 0 aromatic heterocycles. The van der Waals surface area contributed by atoms with Crippen LogP contribution in [0.5, 0.6) is 17.2 Å². The summed E-state index contributed by atoms with van der Waals surface area (Å²) in [6.07, 6.45) is 1.22. The van der Waals surface area contributed by atoms with E-state index < -0.39 is 5.91 Å². The highest BCUT2D eigenvalue weighted by Crippen LogP contribution is 2.22. The maximum absolute atomic E-state index is 11.8. The molecule has 0 radical (unpaired) electrons. The van der Waals surface area contributed by atoms with Gasteiger partial charge in [-0.05, 0) is 30.3 Å². The molecule has 4 N–H and O–H groups in total. The Bertz CT molecular complexity index is 716. The number of phenols is 3. The van der Waals surface area contributed by atoms with E-state index in [-0.39, 0.29) is 22.8 Å². The molecule has 0 aliphatic rings. The van der Waals surface area contributed by atoms with Gasteiger partial charge in [-0.3, -0.25) is 4.79 Å². The van der Waals surface area contributed by atoms with Gasteiger partial charge in [-0.25, -0.2) is 5.43 Å². The molecule has 0 saturated carbocycles. The highest BCUT2D eigenvalue weighted by Gasteiger charge is 2.10. The van der Waals surface area contributed by atoms with Gasteiger partial charge in [0.1, 0.15) is 17.2 Å². The largest absolute Gasteiger partial charge is 0.508 e. The van der Waals surface area contributed by atoms with Crippen molar-refractivity contribution in [1.29, 1.82) is 0 Å². The van der Waals surface area contributed by atoms with Gasteiger partial charge in [0.2, 0.25) is 0 Å². The van der Waals surface area contributed by atoms with E-state index in [9.17, 15) is 15.0 Å². The molecule has 0 fully saturated rings. The Morgan fingerprint density at radius 1 is 1.10 bits per heavy atom. The maximum Gasteiger partial charge on any atom is 0.275 e.